The highest BCUT2D eigenvalue weighted by Gasteiger charge is 2.20. The highest BCUT2D eigenvalue weighted by molar-refractivity contribution is 5.85. The Bertz CT molecular complexity index is 203. The van der Waals surface area contributed by atoms with Gasteiger partial charge in [-0.15, -0.1) is 12.4 Å². The van der Waals surface area contributed by atoms with E-state index in [-0.39, 0.29) is 25.1 Å². The summed E-state index contributed by atoms with van der Waals surface area (Å²) in [5.41, 5.74) is 0. The topological polar surface area (TPSA) is 41.6 Å². The lowest BCUT2D eigenvalue weighted by Gasteiger charge is -2.27. The maximum atomic E-state index is 11.9. The van der Waals surface area contributed by atoms with Crippen LogP contribution in [0.2, 0.25) is 0 Å². The smallest absolute Gasteiger partial charge is 0.255 e. The van der Waals surface area contributed by atoms with Gasteiger partial charge in [0.1, 0.15) is 6.61 Å². The van der Waals surface area contributed by atoms with Crippen LogP contribution in [0.15, 0.2) is 0 Å². The molecule has 0 aromatic rings. The first-order chi connectivity index (χ1) is 6.59. The van der Waals surface area contributed by atoms with Crippen LogP contribution < -0.4 is 5.32 Å². The second-order valence-electron chi connectivity index (χ2n) is 3.26. The number of rotatable bonds is 5. The first-order valence-corrected chi connectivity index (χ1v) is 4.44. The van der Waals surface area contributed by atoms with Crippen LogP contribution in [-0.2, 0) is 9.53 Å². The summed E-state index contributed by atoms with van der Waals surface area (Å²) < 4.78 is 28.9. The van der Waals surface area contributed by atoms with Gasteiger partial charge in [-0.3, -0.25) is 4.79 Å². The van der Waals surface area contributed by atoms with Crippen molar-refractivity contribution in [1.82, 2.24) is 10.2 Å². The van der Waals surface area contributed by atoms with Gasteiger partial charge < -0.3 is 15.0 Å². The lowest BCUT2D eigenvalue weighted by molar-refractivity contribution is -0.139. The van der Waals surface area contributed by atoms with Crippen molar-refractivity contribution in [3.8, 4) is 0 Å². The molecule has 0 spiro atoms. The van der Waals surface area contributed by atoms with Gasteiger partial charge >= 0.3 is 0 Å². The molecule has 15 heavy (non-hydrogen) atoms. The SMILES string of the molecule is CN(CC(F)F)C(=O)COC1CNC1.Cl. The van der Waals surface area contributed by atoms with E-state index in [9.17, 15) is 13.6 Å². The summed E-state index contributed by atoms with van der Waals surface area (Å²) in [7, 11) is 1.34. The monoisotopic (exact) mass is 244 g/mol. The first kappa shape index (κ1) is 14.5. The van der Waals surface area contributed by atoms with Crippen LogP contribution in [0.25, 0.3) is 0 Å². The number of likely N-dealkylation sites (N-methyl/N-ethyl adjacent to an activating group) is 1. The third-order valence-corrected chi connectivity index (χ3v) is 2.02. The van der Waals surface area contributed by atoms with Crippen molar-refractivity contribution in [3.05, 3.63) is 0 Å². The summed E-state index contributed by atoms with van der Waals surface area (Å²) in [6.45, 7) is 0.804. The third kappa shape index (κ3) is 5.25. The molecule has 1 N–H and O–H groups in total. The second kappa shape index (κ2) is 6.92. The van der Waals surface area contributed by atoms with Crippen LogP contribution in [-0.4, -0.2) is 56.6 Å². The predicted octanol–water partition coefficient (Wildman–Crippen LogP) is 0.120. The van der Waals surface area contributed by atoms with E-state index >= 15 is 0 Å². The van der Waals surface area contributed by atoms with Crippen LogP contribution in [0.1, 0.15) is 0 Å². The molecule has 0 aromatic carbocycles. The Labute approximate surface area is 93.4 Å². The third-order valence-electron chi connectivity index (χ3n) is 2.02. The standard InChI is InChI=1S/C8H14F2N2O2.ClH/c1-12(4-7(9)10)8(13)5-14-6-2-11-3-6;/h6-7,11H,2-5H2,1H3;1H. The number of ether oxygens (including phenoxy) is 1. The van der Waals surface area contributed by atoms with Crippen LogP contribution in [0.5, 0.6) is 0 Å². The molecule has 0 bridgehead atoms. The van der Waals surface area contributed by atoms with Gasteiger partial charge in [0.15, 0.2) is 0 Å². The molecule has 1 aliphatic rings. The number of halogens is 3. The minimum absolute atomic E-state index is 0. The highest BCUT2D eigenvalue weighted by atomic mass is 35.5. The molecular weight excluding hydrogens is 230 g/mol. The van der Waals surface area contributed by atoms with Crippen molar-refractivity contribution >= 4 is 18.3 Å². The predicted molar refractivity (Wildman–Crippen MR) is 53.5 cm³/mol. The molecule has 0 radical (unpaired) electrons. The van der Waals surface area contributed by atoms with Crippen molar-refractivity contribution in [2.75, 3.05) is 33.3 Å². The molecule has 1 aliphatic heterocycles. The summed E-state index contributed by atoms with van der Waals surface area (Å²) in [6.07, 6.45) is -2.44. The van der Waals surface area contributed by atoms with Crippen LogP contribution in [0, 0.1) is 0 Å². The van der Waals surface area contributed by atoms with E-state index in [1.807, 2.05) is 0 Å². The molecule has 0 aromatic heterocycles. The lowest BCUT2D eigenvalue weighted by Crippen LogP contribution is -2.49. The largest absolute Gasteiger partial charge is 0.366 e. The summed E-state index contributed by atoms with van der Waals surface area (Å²) in [5.74, 6) is -0.405. The number of alkyl halides is 2. The maximum absolute atomic E-state index is 11.9. The molecular formula is C8H15ClF2N2O2. The van der Waals surface area contributed by atoms with Gasteiger partial charge in [-0.1, -0.05) is 0 Å². The number of carbonyl (C=O) groups is 1. The maximum Gasteiger partial charge on any atom is 0.255 e. The van der Waals surface area contributed by atoms with Gasteiger partial charge in [0.2, 0.25) is 5.91 Å². The Balaban J connectivity index is 0.00000196. The fraction of sp³-hybridized carbons (Fsp3) is 0.875. The van der Waals surface area contributed by atoms with E-state index in [1.54, 1.807) is 0 Å². The number of nitrogens with one attached hydrogen (secondary N) is 1. The Morgan fingerprint density at radius 2 is 2.20 bits per heavy atom. The number of hydrogen-bond acceptors (Lipinski definition) is 3. The summed E-state index contributed by atoms with van der Waals surface area (Å²) in [5, 5.41) is 2.98. The van der Waals surface area contributed by atoms with E-state index in [2.05, 4.69) is 5.32 Å². The Hall–Kier alpha value is -0.460. The first-order valence-electron chi connectivity index (χ1n) is 4.44. The van der Waals surface area contributed by atoms with Crippen molar-refractivity contribution < 1.29 is 18.3 Å². The van der Waals surface area contributed by atoms with Crippen molar-refractivity contribution in [3.63, 3.8) is 0 Å². The zero-order valence-corrected chi connectivity index (χ0v) is 9.23. The second-order valence-corrected chi connectivity index (χ2v) is 3.26. The molecule has 90 valence electrons. The van der Waals surface area contributed by atoms with Gasteiger partial charge in [0.05, 0.1) is 12.6 Å². The zero-order valence-electron chi connectivity index (χ0n) is 8.41. The van der Waals surface area contributed by atoms with Crippen molar-refractivity contribution in [2.45, 2.75) is 12.5 Å². The number of hydrogen-bond donors (Lipinski definition) is 1. The molecule has 1 saturated heterocycles. The molecule has 1 amide bonds. The number of amides is 1. The van der Waals surface area contributed by atoms with Crippen LogP contribution in [0.3, 0.4) is 0 Å². The molecule has 1 heterocycles. The zero-order chi connectivity index (χ0) is 10.6. The Morgan fingerprint density at radius 1 is 1.60 bits per heavy atom. The van der Waals surface area contributed by atoms with Gasteiger partial charge in [-0.2, -0.15) is 0 Å². The fourth-order valence-electron chi connectivity index (χ4n) is 0.988. The molecule has 7 heteroatoms. The van der Waals surface area contributed by atoms with Gasteiger partial charge in [-0.05, 0) is 0 Å². The minimum atomic E-state index is -2.49. The quantitative estimate of drug-likeness (QED) is 0.747. The lowest BCUT2D eigenvalue weighted by atomic mass is 10.2. The van der Waals surface area contributed by atoms with E-state index in [4.69, 9.17) is 4.74 Å². The summed E-state index contributed by atoms with van der Waals surface area (Å²) in [6, 6.07) is 0. The van der Waals surface area contributed by atoms with Crippen LogP contribution >= 0.6 is 12.4 Å². The van der Waals surface area contributed by atoms with Crippen molar-refractivity contribution in [2.24, 2.45) is 0 Å². The molecule has 0 unspecified atom stereocenters. The molecule has 0 aliphatic carbocycles. The molecule has 0 atom stereocenters. The molecule has 1 fully saturated rings. The Kier molecular flexibility index (Phi) is 6.71. The number of carbonyl (C=O) groups excluding carboxylic acids is 1. The van der Waals surface area contributed by atoms with Gasteiger partial charge in [0, 0.05) is 20.1 Å². The number of nitrogens with zero attached hydrogens (tertiary/aromatic N) is 1. The van der Waals surface area contributed by atoms with Crippen molar-refractivity contribution in [1.29, 1.82) is 0 Å². The Morgan fingerprint density at radius 3 is 2.60 bits per heavy atom. The van der Waals surface area contributed by atoms with E-state index in [1.165, 1.54) is 7.05 Å². The minimum Gasteiger partial charge on any atom is -0.366 e. The average Bonchev–Trinajstić information content (AvgIpc) is 1.99. The normalized spacial score (nSPS) is 15.7. The van der Waals surface area contributed by atoms with E-state index in [0.29, 0.717) is 0 Å². The van der Waals surface area contributed by atoms with E-state index in [0.717, 1.165) is 18.0 Å². The molecule has 4 nitrogen and oxygen atoms in total. The summed E-state index contributed by atoms with van der Waals surface area (Å²) >= 11 is 0. The summed E-state index contributed by atoms with van der Waals surface area (Å²) in [4.78, 5) is 12.2. The molecule has 0 saturated carbocycles. The van der Waals surface area contributed by atoms with Gasteiger partial charge in [0.25, 0.3) is 6.43 Å². The van der Waals surface area contributed by atoms with Crippen LogP contribution in [0.4, 0.5) is 8.78 Å². The molecule has 1 rings (SSSR count). The van der Waals surface area contributed by atoms with E-state index < -0.39 is 18.9 Å². The average molecular weight is 245 g/mol. The fourth-order valence-corrected chi connectivity index (χ4v) is 0.988. The highest BCUT2D eigenvalue weighted by Crippen LogP contribution is 2.00. The van der Waals surface area contributed by atoms with Gasteiger partial charge in [-0.25, -0.2) is 8.78 Å².